The molecule has 0 amide bonds. The number of nitrogens with one attached hydrogen (secondary N) is 1. The summed E-state index contributed by atoms with van der Waals surface area (Å²) in [5.41, 5.74) is 11.1. The van der Waals surface area contributed by atoms with Gasteiger partial charge in [-0.15, -0.1) is 0 Å². The van der Waals surface area contributed by atoms with E-state index < -0.39 is 6.17 Å². The molecule has 1 aliphatic rings. The molecule has 36 heavy (non-hydrogen) atoms. The molecule has 0 aliphatic carbocycles. The van der Waals surface area contributed by atoms with Crippen molar-refractivity contribution in [2.75, 3.05) is 5.32 Å². The van der Waals surface area contributed by atoms with E-state index in [0.29, 0.717) is 36.6 Å². The van der Waals surface area contributed by atoms with Gasteiger partial charge in [-0.05, 0) is 35.4 Å². The Morgan fingerprint density at radius 1 is 0.750 bits per heavy atom. The number of rotatable bonds is 7. The quantitative estimate of drug-likeness (QED) is 0.325. The normalized spacial score (nSPS) is 14.6. The second kappa shape index (κ2) is 9.46. The van der Waals surface area contributed by atoms with Gasteiger partial charge in [0.05, 0.1) is 11.0 Å². The van der Waals surface area contributed by atoms with Gasteiger partial charge < -0.3 is 15.2 Å². The summed E-state index contributed by atoms with van der Waals surface area (Å²) in [6, 6.07) is 34.0. The molecule has 6 rings (SSSR count). The van der Waals surface area contributed by atoms with Crippen molar-refractivity contribution in [1.82, 2.24) is 9.55 Å². The Balaban J connectivity index is 1.37. The Labute approximate surface area is 208 Å². The zero-order chi connectivity index (χ0) is 24.3. The average molecular weight is 476 g/mol. The van der Waals surface area contributed by atoms with Crippen LogP contribution in [-0.2, 0) is 13.2 Å². The second-order valence-electron chi connectivity index (χ2n) is 8.56. The number of imidazole rings is 1. The van der Waals surface area contributed by atoms with Crippen molar-refractivity contribution in [3.63, 3.8) is 0 Å². The molecule has 1 aromatic heterocycles. The molecule has 2 heterocycles. The predicted molar refractivity (Wildman–Crippen MR) is 141 cm³/mol. The zero-order valence-electron chi connectivity index (χ0n) is 19.5. The standard InChI is InChI=1S/C29H25N5O2/c30-28-32-27(34-24-14-8-7-13-23(24)31-29(34)33-28)22-15-16-25(35-18-20-9-3-1-4-10-20)26(17-22)36-19-21-11-5-2-6-12-21/h1-17,27H,18-19H2,(H3,30,31,32,33)/t27-/m1/s1. The summed E-state index contributed by atoms with van der Waals surface area (Å²) in [6.45, 7) is 0.861. The molecule has 0 radical (unpaired) electrons. The topological polar surface area (TPSA) is 86.7 Å². The molecule has 0 fully saturated rings. The number of hydrogen-bond acceptors (Lipinski definition) is 6. The number of nitrogens with zero attached hydrogens (tertiary/aromatic N) is 3. The van der Waals surface area contributed by atoms with E-state index in [9.17, 15) is 0 Å². The van der Waals surface area contributed by atoms with Crippen molar-refractivity contribution in [2.45, 2.75) is 19.4 Å². The van der Waals surface area contributed by atoms with Crippen molar-refractivity contribution in [3.05, 3.63) is 120 Å². The van der Waals surface area contributed by atoms with Crippen LogP contribution < -0.4 is 20.5 Å². The van der Waals surface area contributed by atoms with Crippen LogP contribution in [0.3, 0.4) is 0 Å². The number of para-hydroxylation sites is 2. The van der Waals surface area contributed by atoms with Gasteiger partial charge in [0.25, 0.3) is 0 Å². The van der Waals surface area contributed by atoms with Gasteiger partial charge >= 0.3 is 0 Å². The van der Waals surface area contributed by atoms with Crippen LogP contribution in [0, 0.1) is 0 Å². The molecular weight excluding hydrogens is 450 g/mol. The van der Waals surface area contributed by atoms with Gasteiger partial charge in [-0.1, -0.05) is 78.9 Å². The van der Waals surface area contributed by atoms with Crippen LogP contribution >= 0.6 is 0 Å². The fourth-order valence-electron chi connectivity index (χ4n) is 4.33. The van der Waals surface area contributed by atoms with Gasteiger partial charge in [0, 0.05) is 5.56 Å². The Morgan fingerprint density at radius 3 is 2.11 bits per heavy atom. The minimum Gasteiger partial charge on any atom is -0.485 e. The Morgan fingerprint density at radius 2 is 1.39 bits per heavy atom. The van der Waals surface area contributed by atoms with E-state index in [1.807, 2.05) is 108 Å². The highest BCUT2D eigenvalue weighted by Gasteiger charge is 2.26. The first-order chi connectivity index (χ1) is 17.7. The molecule has 0 spiro atoms. The molecule has 1 atom stereocenters. The fraction of sp³-hybridized carbons (Fsp3) is 0.103. The van der Waals surface area contributed by atoms with E-state index in [0.717, 1.165) is 27.7 Å². The van der Waals surface area contributed by atoms with Crippen molar-refractivity contribution in [2.24, 2.45) is 10.7 Å². The average Bonchev–Trinajstić information content (AvgIpc) is 3.30. The highest BCUT2D eigenvalue weighted by atomic mass is 16.5. The number of fused-ring (bicyclic) bond motifs is 3. The lowest BCUT2D eigenvalue weighted by Crippen LogP contribution is -2.31. The monoisotopic (exact) mass is 475 g/mol. The summed E-state index contributed by atoms with van der Waals surface area (Å²) in [7, 11) is 0. The molecule has 0 saturated heterocycles. The van der Waals surface area contributed by atoms with Crippen LogP contribution in [0.1, 0.15) is 22.9 Å². The van der Waals surface area contributed by atoms with Gasteiger partial charge in [-0.3, -0.25) is 9.88 Å². The van der Waals surface area contributed by atoms with E-state index in [-0.39, 0.29) is 0 Å². The minimum absolute atomic E-state index is 0.318. The van der Waals surface area contributed by atoms with E-state index in [2.05, 4.69) is 5.32 Å². The number of anilines is 1. The van der Waals surface area contributed by atoms with Gasteiger partial charge in [0.2, 0.25) is 5.95 Å². The number of hydrogen-bond donors (Lipinski definition) is 2. The Bertz CT molecular complexity index is 1530. The van der Waals surface area contributed by atoms with Crippen LogP contribution in [0.4, 0.5) is 5.95 Å². The summed E-state index contributed by atoms with van der Waals surface area (Å²) in [6.07, 6.45) is -0.393. The first kappa shape index (κ1) is 21.7. The number of benzene rings is 4. The number of aromatic nitrogens is 2. The summed E-state index contributed by atoms with van der Waals surface area (Å²) in [5.74, 6) is 2.29. The Hall–Kier alpha value is -4.78. The third kappa shape index (κ3) is 4.34. The van der Waals surface area contributed by atoms with Crippen LogP contribution in [0.15, 0.2) is 108 Å². The van der Waals surface area contributed by atoms with Crippen LogP contribution in [0.2, 0.25) is 0 Å². The molecule has 178 valence electrons. The van der Waals surface area contributed by atoms with Gasteiger partial charge in [0.1, 0.15) is 13.2 Å². The number of guanidine groups is 1. The summed E-state index contributed by atoms with van der Waals surface area (Å²) >= 11 is 0. The number of nitrogens with two attached hydrogens (primary N) is 1. The van der Waals surface area contributed by atoms with Gasteiger partial charge in [-0.25, -0.2) is 9.98 Å². The van der Waals surface area contributed by atoms with Crippen molar-refractivity contribution in [3.8, 4) is 11.5 Å². The maximum atomic E-state index is 6.28. The zero-order valence-corrected chi connectivity index (χ0v) is 19.5. The number of aliphatic imine (C=N–C) groups is 1. The maximum absolute atomic E-state index is 6.28. The van der Waals surface area contributed by atoms with Crippen molar-refractivity contribution >= 4 is 22.9 Å². The van der Waals surface area contributed by atoms with Gasteiger partial charge in [0.15, 0.2) is 23.6 Å². The molecule has 0 bridgehead atoms. The molecular formula is C29H25N5O2. The molecule has 0 saturated carbocycles. The first-order valence-corrected chi connectivity index (χ1v) is 11.8. The Kier molecular flexibility index (Phi) is 5.71. The van der Waals surface area contributed by atoms with Crippen LogP contribution in [-0.4, -0.2) is 15.5 Å². The second-order valence-corrected chi connectivity index (χ2v) is 8.56. The first-order valence-electron chi connectivity index (χ1n) is 11.8. The van der Waals surface area contributed by atoms with Crippen molar-refractivity contribution < 1.29 is 9.47 Å². The molecule has 1 aliphatic heterocycles. The summed E-state index contributed by atoms with van der Waals surface area (Å²) in [4.78, 5) is 9.40. The van der Waals surface area contributed by atoms with E-state index in [1.54, 1.807) is 0 Å². The summed E-state index contributed by atoms with van der Waals surface area (Å²) < 4.78 is 14.5. The largest absolute Gasteiger partial charge is 0.485 e. The van der Waals surface area contributed by atoms with Crippen LogP contribution in [0.5, 0.6) is 11.5 Å². The molecule has 7 nitrogen and oxygen atoms in total. The predicted octanol–water partition coefficient (Wildman–Crippen LogP) is 5.48. The highest BCUT2D eigenvalue weighted by Crippen LogP contribution is 2.37. The SMILES string of the molecule is NC1=N[C@@H](c2ccc(OCc3ccccc3)c(OCc3ccccc3)c2)n2c(nc3ccccc32)N1. The third-order valence-electron chi connectivity index (χ3n) is 6.08. The molecule has 3 N–H and O–H groups in total. The highest BCUT2D eigenvalue weighted by molar-refractivity contribution is 5.94. The number of ether oxygens (including phenoxy) is 2. The van der Waals surface area contributed by atoms with E-state index >= 15 is 0 Å². The van der Waals surface area contributed by atoms with Crippen molar-refractivity contribution in [1.29, 1.82) is 0 Å². The van der Waals surface area contributed by atoms with Gasteiger partial charge in [-0.2, -0.15) is 0 Å². The van der Waals surface area contributed by atoms with E-state index in [4.69, 9.17) is 25.2 Å². The smallest absolute Gasteiger partial charge is 0.212 e. The minimum atomic E-state index is -0.393. The maximum Gasteiger partial charge on any atom is 0.212 e. The molecule has 0 unspecified atom stereocenters. The fourth-order valence-corrected chi connectivity index (χ4v) is 4.33. The lowest BCUT2D eigenvalue weighted by Gasteiger charge is -2.24. The molecule has 7 heteroatoms. The third-order valence-corrected chi connectivity index (χ3v) is 6.08. The lowest BCUT2D eigenvalue weighted by molar-refractivity contribution is 0.255. The molecule has 4 aromatic carbocycles. The van der Waals surface area contributed by atoms with E-state index in [1.165, 1.54) is 0 Å². The lowest BCUT2D eigenvalue weighted by atomic mass is 10.1. The molecule has 5 aromatic rings. The summed E-state index contributed by atoms with van der Waals surface area (Å²) in [5, 5.41) is 3.08. The van der Waals surface area contributed by atoms with Crippen LogP contribution in [0.25, 0.3) is 11.0 Å².